The molecule has 2 aromatic heterocycles. The molecule has 0 atom stereocenters. The molecule has 0 saturated carbocycles. The van der Waals surface area contributed by atoms with Crippen LogP contribution < -0.4 is 16.6 Å². The average molecular weight is 351 g/mol. The number of nitrogens with zero attached hydrogens (tertiary/aromatic N) is 2. The van der Waals surface area contributed by atoms with Crippen molar-refractivity contribution in [2.75, 3.05) is 11.9 Å². The van der Waals surface area contributed by atoms with Crippen LogP contribution in [0.1, 0.15) is 5.56 Å². The molecule has 124 valence electrons. The Labute approximate surface area is 131 Å². The van der Waals surface area contributed by atoms with E-state index in [1.165, 1.54) is 0 Å². The van der Waals surface area contributed by atoms with Crippen LogP contribution in [0.5, 0.6) is 5.88 Å². The van der Waals surface area contributed by atoms with Crippen LogP contribution in [0.15, 0.2) is 27.9 Å². The lowest BCUT2D eigenvalue weighted by Gasteiger charge is -2.12. The van der Waals surface area contributed by atoms with Gasteiger partial charge in [0.1, 0.15) is 5.82 Å². The fourth-order valence-electron chi connectivity index (χ4n) is 1.73. The largest absolute Gasteiger partial charge is 0.494 e. The van der Waals surface area contributed by atoms with Gasteiger partial charge in [-0.3, -0.25) is 14.3 Å². The number of H-pyrrole nitrogens is 1. The van der Waals surface area contributed by atoms with Crippen molar-refractivity contribution >= 4 is 17.4 Å². The highest BCUT2D eigenvalue weighted by Gasteiger charge is 2.31. The lowest BCUT2D eigenvalue weighted by Crippen LogP contribution is -2.31. The van der Waals surface area contributed by atoms with E-state index in [4.69, 9.17) is 11.6 Å². The van der Waals surface area contributed by atoms with Crippen LogP contribution in [0.25, 0.3) is 0 Å². The molecule has 0 aliphatic carbocycles. The topological polar surface area (TPSA) is 100 Å². The van der Waals surface area contributed by atoms with Crippen molar-refractivity contribution in [2.45, 2.75) is 12.7 Å². The van der Waals surface area contributed by atoms with Crippen LogP contribution in [0, 0.1) is 0 Å². The first-order valence-electron chi connectivity index (χ1n) is 6.18. The fourth-order valence-corrected chi connectivity index (χ4v) is 1.97. The highest BCUT2D eigenvalue weighted by molar-refractivity contribution is 6.32. The number of hydrogen-bond donors (Lipinski definition) is 3. The quantitative estimate of drug-likeness (QED) is 0.774. The molecule has 2 aromatic rings. The zero-order chi connectivity index (χ0) is 17.2. The number of anilines is 1. The molecular weight excluding hydrogens is 341 g/mol. The van der Waals surface area contributed by atoms with Crippen LogP contribution in [0.2, 0.25) is 5.02 Å². The number of rotatable bonds is 4. The van der Waals surface area contributed by atoms with Crippen LogP contribution in [-0.4, -0.2) is 26.2 Å². The number of pyridine rings is 1. The van der Waals surface area contributed by atoms with Crippen LogP contribution in [0.3, 0.4) is 0 Å². The first-order chi connectivity index (χ1) is 10.7. The molecule has 0 unspecified atom stereocenters. The van der Waals surface area contributed by atoms with Crippen LogP contribution in [0.4, 0.5) is 19.0 Å². The van der Waals surface area contributed by atoms with Crippen LogP contribution >= 0.6 is 11.6 Å². The molecular formula is C12H10ClF3N4O3. The maximum atomic E-state index is 12.5. The van der Waals surface area contributed by atoms with Gasteiger partial charge < -0.3 is 10.4 Å². The van der Waals surface area contributed by atoms with E-state index in [1.54, 1.807) is 0 Å². The fraction of sp³-hybridized carbons (Fsp3) is 0.250. The van der Waals surface area contributed by atoms with E-state index in [1.807, 2.05) is 4.98 Å². The summed E-state index contributed by atoms with van der Waals surface area (Å²) >= 11 is 5.71. The van der Waals surface area contributed by atoms with E-state index in [2.05, 4.69) is 10.3 Å². The monoisotopic (exact) mass is 350 g/mol. The average Bonchev–Trinajstić information content (AvgIpc) is 2.42. The zero-order valence-electron chi connectivity index (χ0n) is 11.3. The lowest BCUT2D eigenvalue weighted by atomic mass is 10.3. The van der Waals surface area contributed by atoms with Gasteiger partial charge in [-0.15, -0.1) is 0 Å². The van der Waals surface area contributed by atoms with Crippen molar-refractivity contribution in [2.24, 2.45) is 0 Å². The third-order valence-corrected chi connectivity index (χ3v) is 3.10. The highest BCUT2D eigenvalue weighted by atomic mass is 35.5. The van der Waals surface area contributed by atoms with Crippen molar-refractivity contribution in [1.29, 1.82) is 0 Å². The molecule has 0 spiro atoms. The summed E-state index contributed by atoms with van der Waals surface area (Å²) in [5, 5.41) is 11.9. The van der Waals surface area contributed by atoms with Gasteiger partial charge in [0.2, 0.25) is 5.88 Å². The van der Waals surface area contributed by atoms with Gasteiger partial charge in [-0.25, -0.2) is 9.78 Å². The smallest absolute Gasteiger partial charge is 0.417 e. The number of hydrogen-bond acceptors (Lipinski definition) is 5. The Morgan fingerprint density at radius 3 is 2.61 bits per heavy atom. The number of alkyl halides is 3. The minimum atomic E-state index is -4.55. The Balaban J connectivity index is 2.08. The van der Waals surface area contributed by atoms with E-state index in [0.29, 0.717) is 6.20 Å². The van der Waals surface area contributed by atoms with Gasteiger partial charge in [-0.2, -0.15) is 13.2 Å². The zero-order valence-corrected chi connectivity index (χ0v) is 12.1. The molecule has 0 saturated heterocycles. The van der Waals surface area contributed by atoms with E-state index < -0.39 is 28.9 Å². The van der Waals surface area contributed by atoms with Crippen molar-refractivity contribution in [3.63, 3.8) is 0 Å². The molecule has 7 nitrogen and oxygen atoms in total. The highest BCUT2D eigenvalue weighted by Crippen LogP contribution is 2.32. The Bertz CT molecular complexity index is 832. The minimum absolute atomic E-state index is 0.00312. The van der Waals surface area contributed by atoms with Gasteiger partial charge in [-0.1, -0.05) is 11.6 Å². The minimum Gasteiger partial charge on any atom is -0.494 e. The molecule has 0 aliphatic heterocycles. The summed E-state index contributed by atoms with van der Waals surface area (Å²) in [5.41, 5.74) is -2.55. The second-order valence-corrected chi connectivity index (χ2v) is 4.83. The van der Waals surface area contributed by atoms with Crippen molar-refractivity contribution in [3.8, 4) is 5.88 Å². The van der Waals surface area contributed by atoms with Crippen molar-refractivity contribution in [3.05, 3.63) is 49.8 Å². The molecule has 11 heteroatoms. The van der Waals surface area contributed by atoms with E-state index in [9.17, 15) is 27.9 Å². The second-order valence-electron chi connectivity index (χ2n) is 4.43. The molecule has 0 amide bonds. The molecule has 2 heterocycles. The first-order valence-corrected chi connectivity index (χ1v) is 6.56. The summed E-state index contributed by atoms with van der Waals surface area (Å²) in [6.07, 6.45) is -3.93. The third kappa shape index (κ3) is 4.03. The van der Waals surface area contributed by atoms with Crippen molar-refractivity contribution < 1.29 is 18.3 Å². The number of nitrogens with one attached hydrogen (secondary N) is 2. The standard InChI is InChI=1S/C12H10ClF3N4O3/c13-7-3-6(12(14,15)16)5-18-10(7)17-1-2-20-9(22)4-8(21)19-11(20)23/h3-5,22H,1-2H2,(H,17,18)(H,19,21,23). The first kappa shape index (κ1) is 16.9. The van der Waals surface area contributed by atoms with Gasteiger partial charge in [0.05, 0.1) is 16.7 Å². The molecule has 3 N–H and O–H groups in total. The Morgan fingerprint density at radius 1 is 1.35 bits per heavy atom. The summed E-state index contributed by atoms with van der Waals surface area (Å²) in [6, 6.07) is 1.55. The van der Waals surface area contributed by atoms with Gasteiger partial charge >= 0.3 is 11.9 Å². The third-order valence-electron chi connectivity index (χ3n) is 2.81. The summed E-state index contributed by atoms with van der Waals surface area (Å²) < 4.78 is 38.3. The molecule has 23 heavy (non-hydrogen) atoms. The predicted octanol–water partition coefficient (Wildman–Crippen LogP) is 1.42. The lowest BCUT2D eigenvalue weighted by molar-refractivity contribution is -0.137. The van der Waals surface area contributed by atoms with Gasteiger partial charge in [0, 0.05) is 19.3 Å². The number of aromatic amines is 1. The molecule has 0 fully saturated rings. The number of halogens is 4. The van der Waals surface area contributed by atoms with Crippen LogP contribution in [-0.2, 0) is 12.7 Å². The van der Waals surface area contributed by atoms with Gasteiger partial charge in [-0.05, 0) is 6.07 Å². The number of aromatic nitrogens is 3. The SMILES string of the molecule is O=c1cc(O)n(CCNc2ncc(C(F)(F)F)cc2Cl)c(=O)[nH]1. The molecule has 0 aliphatic rings. The summed E-state index contributed by atoms with van der Waals surface area (Å²) in [6.45, 7) is -0.0436. The summed E-state index contributed by atoms with van der Waals surface area (Å²) in [4.78, 5) is 28.0. The Morgan fingerprint density at radius 2 is 2.04 bits per heavy atom. The Hall–Kier alpha value is -2.49. The van der Waals surface area contributed by atoms with E-state index >= 15 is 0 Å². The second kappa shape index (κ2) is 6.32. The van der Waals surface area contributed by atoms with Gasteiger partial charge in [0.25, 0.3) is 5.56 Å². The summed E-state index contributed by atoms with van der Waals surface area (Å²) in [7, 11) is 0. The summed E-state index contributed by atoms with van der Waals surface area (Å²) in [5.74, 6) is -0.538. The molecule has 0 aromatic carbocycles. The maximum Gasteiger partial charge on any atom is 0.417 e. The molecule has 2 rings (SSSR count). The predicted molar refractivity (Wildman–Crippen MR) is 75.7 cm³/mol. The normalized spacial score (nSPS) is 11.5. The molecule has 0 radical (unpaired) electrons. The maximum absolute atomic E-state index is 12.5. The van der Waals surface area contributed by atoms with E-state index in [-0.39, 0.29) is 23.9 Å². The number of aromatic hydroxyl groups is 1. The molecule has 0 bridgehead atoms. The van der Waals surface area contributed by atoms with E-state index in [0.717, 1.165) is 16.7 Å². The van der Waals surface area contributed by atoms with Gasteiger partial charge in [0.15, 0.2) is 0 Å². The van der Waals surface area contributed by atoms with Crippen molar-refractivity contribution in [1.82, 2.24) is 14.5 Å². The Kier molecular flexibility index (Phi) is 4.64.